The van der Waals surface area contributed by atoms with Crippen LogP contribution in [0.1, 0.15) is 28.3 Å². The number of nitrogens with one attached hydrogen (secondary N) is 1. The van der Waals surface area contributed by atoms with Crippen LogP contribution in [0.3, 0.4) is 0 Å². The monoisotopic (exact) mass is 387 g/mol. The van der Waals surface area contributed by atoms with Crippen LogP contribution in [-0.2, 0) is 4.79 Å². The molecule has 2 heterocycles. The van der Waals surface area contributed by atoms with Gasteiger partial charge in [0.2, 0.25) is 5.91 Å². The summed E-state index contributed by atoms with van der Waals surface area (Å²) < 4.78 is 5.24. The number of pyridine rings is 1. The highest BCUT2D eigenvalue weighted by atomic mass is 16.5. The number of amides is 2. The second-order valence-electron chi connectivity index (χ2n) is 6.87. The smallest absolute Gasteiger partial charge is 0.260 e. The van der Waals surface area contributed by atoms with Crippen molar-refractivity contribution in [3.8, 4) is 5.75 Å². The first kappa shape index (κ1) is 18.7. The SMILES string of the molecule is COc1ccccc1C(=O)Nc1cc(N2CC(c3ccccc3)CC2=O)ccn1. The Morgan fingerprint density at radius 2 is 1.86 bits per heavy atom. The van der Waals surface area contributed by atoms with Crippen LogP contribution in [0.5, 0.6) is 5.75 Å². The molecule has 4 rings (SSSR count). The molecule has 6 nitrogen and oxygen atoms in total. The van der Waals surface area contributed by atoms with Gasteiger partial charge in [0, 0.05) is 36.8 Å². The van der Waals surface area contributed by atoms with Gasteiger partial charge >= 0.3 is 0 Å². The van der Waals surface area contributed by atoms with E-state index in [1.165, 1.54) is 7.11 Å². The van der Waals surface area contributed by atoms with Crippen molar-refractivity contribution >= 4 is 23.3 Å². The quantitative estimate of drug-likeness (QED) is 0.722. The van der Waals surface area contributed by atoms with Gasteiger partial charge in [-0.1, -0.05) is 42.5 Å². The number of para-hydroxylation sites is 1. The highest BCUT2D eigenvalue weighted by molar-refractivity contribution is 6.06. The van der Waals surface area contributed by atoms with E-state index >= 15 is 0 Å². The summed E-state index contributed by atoms with van der Waals surface area (Å²) >= 11 is 0. The van der Waals surface area contributed by atoms with Crippen LogP contribution in [0.25, 0.3) is 0 Å². The summed E-state index contributed by atoms with van der Waals surface area (Å²) in [7, 11) is 1.52. The number of ether oxygens (including phenoxy) is 1. The van der Waals surface area contributed by atoms with Crippen LogP contribution in [-0.4, -0.2) is 30.5 Å². The van der Waals surface area contributed by atoms with Crippen molar-refractivity contribution in [2.45, 2.75) is 12.3 Å². The third kappa shape index (κ3) is 3.96. The first-order valence-corrected chi connectivity index (χ1v) is 9.41. The highest BCUT2D eigenvalue weighted by Crippen LogP contribution is 2.32. The minimum absolute atomic E-state index is 0.0621. The molecule has 29 heavy (non-hydrogen) atoms. The van der Waals surface area contributed by atoms with Gasteiger partial charge in [-0.3, -0.25) is 9.59 Å². The summed E-state index contributed by atoms with van der Waals surface area (Å²) in [5.74, 6) is 0.772. The zero-order valence-electron chi connectivity index (χ0n) is 16.0. The molecule has 0 bridgehead atoms. The average molecular weight is 387 g/mol. The summed E-state index contributed by atoms with van der Waals surface area (Å²) in [6.45, 7) is 0.604. The van der Waals surface area contributed by atoms with Gasteiger partial charge in [-0.15, -0.1) is 0 Å². The zero-order valence-corrected chi connectivity index (χ0v) is 16.0. The Balaban J connectivity index is 1.52. The molecule has 1 unspecified atom stereocenters. The molecule has 1 saturated heterocycles. The third-order valence-electron chi connectivity index (χ3n) is 5.04. The summed E-state index contributed by atoms with van der Waals surface area (Å²) in [5.41, 5.74) is 2.30. The van der Waals surface area contributed by atoms with E-state index in [0.717, 1.165) is 11.3 Å². The van der Waals surface area contributed by atoms with Crippen LogP contribution in [0.2, 0.25) is 0 Å². The maximum atomic E-state index is 12.6. The van der Waals surface area contributed by atoms with E-state index in [-0.39, 0.29) is 17.7 Å². The first-order valence-electron chi connectivity index (χ1n) is 9.41. The van der Waals surface area contributed by atoms with Crippen molar-refractivity contribution in [1.82, 2.24) is 4.98 Å². The minimum atomic E-state index is -0.318. The number of aromatic nitrogens is 1. The van der Waals surface area contributed by atoms with Crippen molar-refractivity contribution in [2.24, 2.45) is 0 Å². The zero-order chi connectivity index (χ0) is 20.2. The van der Waals surface area contributed by atoms with Gasteiger partial charge < -0.3 is 15.0 Å². The first-order chi connectivity index (χ1) is 14.2. The van der Waals surface area contributed by atoms with Crippen LogP contribution >= 0.6 is 0 Å². The van der Waals surface area contributed by atoms with Crippen molar-refractivity contribution in [2.75, 3.05) is 23.9 Å². The lowest BCUT2D eigenvalue weighted by atomic mass is 9.99. The van der Waals surface area contributed by atoms with Crippen molar-refractivity contribution in [3.63, 3.8) is 0 Å². The van der Waals surface area contributed by atoms with Crippen LogP contribution in [0.4, 0.5) is 11.5 Å². The topological polar surface area (TPSA) is 71.5 Å². The predicted octanol–water partition coefficient (Wildman–Crippen LogP) is 3.86. The summed E-state index contributed by atoms with van der Waals surface area (Å²) in [5, 5.41) is 2.79. The maximum Gasteiger partial charge on any atom is 0.260 e. The summed E-state index contributed by atoms with van der Waals surface area (Å²) in [4.78, 5) is 31.2. The molecule has 1 aromatic heterocycles. The summed E-state index contributed by atoms with van der Waals surface area (Å²) in [6.07, 6.45) is 2.06. The molecule has 1 N–H and O–H groups in total. The van der Waals surface area contributed by atoms with Gasteiger partial charge in [-0.05, 0) is 23.8 Å². The number of anilines is 2. The molecule has 3 aromatic rings. The van der Waals surface area contributed by atoms with Gasteiger partial charge in [-0.2, -0.15) is 0 Å². The second-order valence-corrected chi connectivity index (χ2v) is 6.87. The third-order valence-corrected chi connectivity index (χ3v) is 5.04. The molecule has 0 aliphatic carbocycles. The van der Waals surface area contributed by atoms with E-state index in [4.69, 9.17) is 4.74 Å². The van der Waals surface area contributed by atoms with Gasteiger partial charge in [0.25, 0.3) is 5.91 Å². The number of methoxy groups -OCH3 is 1. The second kappa shape index (κ2) is 8.14. The van der Waals surface area contributed by atoms with Crippen molar-refractivity contribution < 1.29 is 14.3 Å². The normalized spacial score (nSPS) is 16.0. The summed E-state index contributed by atoms with van der Waals surface area (Å²) in [6, 6.07) is 20.5. The van der Waals surface area contributed by atoms with E-state index in [9.17, 15) is 9.59 Å². The molecule has 2 amide bonds. The number of benzene rings is 2. The lowest BCUT2D eigenvalue weighted by Crippen LogP contribution is -2.24. The Morgan fingerprint density at radius 1 is 1.10 bits per heavy atom. The fourth-order valence-corrected chi connectivity index (χ4v) is 3.58. The van der Waals surface area contributed by atoms with Crippen LogP contribution < -0.4 is 15.0 Å². The number of hydrogen-bond acceptors (Lipinski definition) is 4. The molecule has 1 aliphatic rings. The molecule has 0 spiro atoms. The van der Waals surface area contributed by atoms with Crippen molar-refractivity contribution in [1.29, 1.82) is 0 Å². The highest BCUT2D eigenvalue weighted by Gasteiger charge is 2.31. The largest absolute Gasteiger partial charge is 0.496 e. The van der Waals surface area contributed by atoms with Gasteiger partial charge in [0.15, 0.2) is 0 Å². The molecule has 6 heteroatoms. The number of nitrogens with zero attached hydrogens (tertiary/aromatic N) is 2. The molecular formula is C23H21N3O3. The maximum absolute atomic E-state index is 12.6. The Hall–Kier alpha value is -3.67. The predicted molar refractivity (Wildman–Crippen MR) is 111 cm³/mol. The number of hydrogen-bond donors (Lipinski definition) is 1. The lowest BCUT2D eigenvalue weighted by molar-refractivity contribution is -0.117. The van der Waals surface area contributed by atoms with Crippen LogP contribution in [0, 0.1) is 0 Å². The van der Waals surface area contributed by atoms with E-state index in [1.54, 1.807) is 47.5 Å². The number of rotatable bonds is 5. The van der Waals surface area contributed by atoms with E-state index in [1.807, 2.05) is 30.3 Å². The van der Waals surface area contributed by atoms with Gasteiger partial charge in [0.1, 0.15) is 11.6 Å². The minimum Gasteiger partial charge on any atom is -0.496 e. The molecule has 146 valence electrons. The molecule has 1 aliphatic heterocycles. The Kier molecular flexibility index (Phi) is 5.24. The van der Waals surface area contributed by atoms with Gasteiger partial charge in [0.05, 0.1) is 12.7 Å². The van der Waals surface area contributed by atoms with Gasteiger partial charge in [-0.25, -0.2) is 4.98 Å². The molecule has 1 fully saturated rings. The van der Waals surface area contributed by atoms with Crippen LogP contribution in [0.15, 0.2) is 72.9 Å². The molecule has 2 aromatic carbocycles. The standard InChI is InChI=1S/C23H21N3O3/c1-29-20-10-6-5-9-19(20)23(28)25-21-14-18(11-12-24-21)26-15-17(13-22(26)27)16-7-3-2-4-8-16/h2-12,14,17H,13,15H2,1H3,(H,24,25,28). The number of carbonyl (C=O) groups is 2. The lowest BCUT2D eigenvalue weighted by Gasteiger charge is -2.18. The van der Waals surface area contributed by atoms with E-state index in [2.05, 4.69) is 10.3 Å². The van der Waals surface area contributed by atoms with Crippen molar-refractivity contribution in [3.05, 3.63) is 84.1 Å². The molecule has 1 atom stereocenters. The van der Waals surface area contributed by atoms with E-state index < -0.39 is 0 Å². The average Bonchev–Trinajstić information content (AvgIpc) is 3.16. The van der Waals surface area contributed by atoms with E-state index in [0.29, 0.717) is 30.1 Å². The molecule has 0 radical (unpaired) electrons. The number of carbonyl (C=O) groups excluding carboxylic acids is 2. The Bertz CT molecular complexity index is 1040. The molecule has 0 saturated carbocycles. The Labute approximate surface area is 169 Å². The Morgan fingerprint density at radius 3 is 2.66 bits per heavy atom. The fraction of sp³-hybridized carbons (Fsp3) is 0.174. The molecular weight excluding hydrogens is 366 g/mol. The fourth-order valence-electron chi connectivity index (χ4n) is 3.58.